The molecule has 0 spiro atoms. The molecule has 198 valence electrons. The largest absolute Gasteiger partial charge is 0.497 e. The van der Waals surface area contributed by atoms with E-state index in [0.717, 1.165) is 22.6 Å². The molecule has 1 aromatic heterocycles. The quantitative estimate of drug-likeness (QED) is 0.235. The van der Waals surface area contributed by atoms with E-state index in [2.05, 4.69) is 10.3 Å². The number of hydrogen-bond acceptors (Lipinski definition) is 7. The Morgan fingerprint density at radius 1 is 1.21 bits per heavy atom. The molecule has 0 atom stereocenters. The molecular weight excluding hydrogens is 555 g/mol. The van der Waals surface area contributed by atoms with Crippen molar-refractivity contribution in [3.63, 3.8) is 0 Å². The van der Waals surface area contributed by atoms with Crippen molar-refractivity contribution in [1.29, 1.82) is 0 Å². The number of carbonyl (C=O) groups excluding carboxylic acids is 2. The van der Waals surface area contributed by atoms with Crippen molar-refractivity contribution in [2.75, 3.05) is 19.0 Å². The highest BCUT2D eigenvalue weighted by Crippen LogP contribution is 2.33. The second-order valence-corrected chi connectivity index (χ2v) is 11.1. The molecule has 4 rings (SSSR count). The first-order valence-corrected chi connectivity index (χ1v) is 13.5. The van der Waals surface area contributed by atoms with Gasteiger partial charge in [-0.25, -0.2) is 4.98 Å². The van der Waals surface area contributed by atoms with E-state index in [4.69, 9.17) is 17.0 Å². The fraction of sp³-hybridized carbons (Fsp3) is 0.231. The van der Waals surface area contributed by atoms with Crippen LogP contribution in [0.4, 0.5) is 18.3 Å². The molecule has 6 nitrogen and oxygen atoms in total. The molecule has 1 N–H and O–H groups in total. The molecule has 1 fully saturated rings. The molecule has 0 unspecified atom stereocenters. The van der Waals surface area contributed by atoms with Crippen molar-refractivity contribution in [1.82, 2.24) is 9.88 Å². The Morgan fingerprint density at radius 3 is 2.76 bits per heavy atom. The molecule has 0 radical (unpaired) electrons. The summed E-state index contributed by atoms with van der Waals surface area (Å²) in [5.41, 5.74) is 0.621. The van der Waals surface area contributed by atoms with E-state index in [1.54, 1.807) is 19.3 Å². The maximum atomic E-state index is 12.9. The first-order valence-electron chi connectivity index (χ1n) is 11.4. The van der Waals surface area contributed by atoms with Gasteiger partial charge < -0.3 is 10.1 Å². The zero-order valence-electron chi connectivity index (χ0n) is 20.1. The lowest BCUT2D eigenvalue weighted by Gasteiger charge is -2.13. The number of amides is 2. The number of thiazole rings is 1. The number of thiocarbonyl (C=S) groups is 1. The van der Waals surface area contributed by atoms with Crippen LogP contribution >= 0.6 is 35.3 Å². The van der Waals surface area contributed by atoms with Crippen molar-refractivity contribution in [3.8, 4) is 5.75 Å². The lowest BCUT2D eigenvalue weighted by Crippen LogP contribution is -2.29. The third kappa shape index (κ3) is 7.21. The smallest absolute Gasteiger partial charge is 0.416 e. The Bertz CT molecular complexity index is 1390. The number of benzene rings is 2. The maximum absolute atomic E-state index is 12.9. The van der Waals surface area contributed by atoms with Crippen molar-refractivity contribution in [2.45, 2.75) is 25.4 Å². The van der Waals surface area contributed by atoms with E-state index in [-0.39, 0.29) is 24.7 Å². The third-order valence-electron chi connectivity index (χ3n) is 5.48. The average Bonchev–Trinajstić information content (AvgIpc) is 3.42. The van der Waals surface area contributed by atoms with Gasteiger partial charge in [-0.2, -0.15) is 13.2 Å². The summed E-state index contributed by atoms with van der Waals surface area (Å²) in [7, 11) is 1.57. The molecule has 0 bridgehead atoms. The third-order valence-corrected chi connectivity index (χ3v) is 7.77. The van der Waals surface area contributed by atoms with Crippen LogP contribution in [0.2, 0.25) is 0 Å². The van der Waals surface area contributed by atoms with Crippen LogP contribution in [0.1, 0.15) is 34.4 Å². The summed E-state index contributed by atoms with van der Waals surface area (Å²) in [6.07, 6.45) is -0.293. The van der Waals surface area contributed by atoms with Gasteiger partial charge >= 0.3 is 6.18 Å². The molecule has 1 saturated heterocycles. The van der Waals surface area contributed by atoms with Gasteiger partial charge in [-0.3, -0.25) is 14.5 Å². The molecular formula is C26H22F3N3O3S3. The molecule has 38 heavy (non-hydrogen) atoms. The van der Waals surface area contributed by atoms with E-state index in [1.165, 1.54) is 40.3 Å². The van der Waals surface area contributed by atoms with Crippen LogP contribution in [0.5, 0.6) is 5.75 Å². The van der Waals surface area contributed by atoms with E-state index in [0.29, 0.717) is 38.6 Å². The van der Waals surface area contributed by atoms with Crippen molar-refractivity contribution >= 4 is 62.7 Å². The number of rotatable bonds is 9. The van der Waals surface area contributed by atoms with Crippen molar-refractivity contribution in [2.24, 2.45) is 0 Å². The summed E-state index contributed by atoms with van der Waals surface area (Å²) in [5.74, 6) is 0.202. The fourth-order valence-electron chi connectivity index (χ4n) is 3.66. The van der Waals surface area contributed by atoms with E-state index in [1.807, 2.05) is 24.3 Å². The molecule has 12 heteroatoms. The number of hydrogen-bond donors (Lipinski definition) is 1. The standard InChI is InChI=1S/C26H22F3N3O3S3/c1-35-19-8-3-6-17(12-19)14-21-23(34)32(25(36)38-21)10-4-9-22(33)31-24-30-15-20(37-24)13-16-5-2-7-18(11-16)26(27,28)29/h2-3,5-8,11-12,14-15H,4,9-10,13H2,1H3,(H,30,31,33)/b21-14-. The highest BCUT2D eigenvalue weighted by atomic mass is 32.2. The molecule has 2 aromatic carbocycles. The Kier molecular flexibility index (Phi) is 8.85. The van der Waals surface area contributed by atoms with Gasteiger partial charge in [0.1, 0.15) is 10.1 Å². The normalized spacial score (nSPS) is 14.8. The minimum absolute atomic E-state index is 0.147. The van der Waals surface area contributed by atoms with Gasteiger partial charge in [0.25, 0.3) is 5.91 Å². The van der Waals surface area contributed by atoms with E-state index in [9.17, 15) is 22.8 Å². The number of nitrogens with zero attached hydrogens (tertiary/aromatic N) is 2. The van der Waals surface area contributed by atoms with Crippen molar-refractivity contribution in [3.05, 3.63) is 81.2 Å². The average molecular weight is 578 g/mol. The number of carbonyl (C=O) groups is 2. The zero-order valence-corrected chi connectivity index (χ0v) is 22.5. The Hall–Kier alpha value is -3.22. The Balaban J connectivity index is 1.27. The van der Waals surface area contributed by atoms with Gasteiger partial charge in [-0.1, -0.05) is 54.3 Å². The summed E-state index contributed by atoms with van der Waals surface area (Å²) in [5, 5.41) is 3.07. The van der Waals surface area contributed by atoms with Crippen LogP contribution in [0.15, 0.2) is 59.6 Å². The Labute approximate surface area is 230 Å². The minimum atomic E-state index is -4.40. The van der Waals surface area contributed by atoms with Crippen LogP contribution in [0.25, 0.3) is 6.08 Å². The van der Waals surface area contributed by atoms with E-state index < -0.39 is 11.7 Å². The summed E-state index contributed by atoms with van der Waals surface area (Å²) in [4.78, 5) is 32.1. The molecule has 2 heterocycles. The summed E-state index contributed by atoms with van der Waals surface area (Å²) in [6, 6.07) is 12.5. The molecule has 3 aromatic rings. The molecule has 1 aliphatic heterocycles. The van der Waals surface area contributed by atoms with Gasteiger partial charge in [0.15, 0.2) is 5.13 Å². The highest BCUT2D eigenvalue weighted by molar-refractivity contribution is 8.26. The summed E-state index contributed by atoms with van der Waals surface area (Å²) >= 11 is 7.78. The number of anilines is 1. The number of thioether (sulfide) groups is 1. The number of alkyl halides is 3. The van der Waals surface area contributed by atoms with Gasteiger partial charge in [-0.05, 0) is 41.8 Å². The summed E-state index contributed by atoms with van der Waals surface area (Å²) < 4.78 is 44.5. The second kappa shape index (κ2) is 12.1. The topological polar surface area (TPSA) is 71.5 Å². The molecule has 2 amide bonds. The lowest BCUT2D eigenvalue weighted by molar-refractivity contribution is -0.137. The maximum Gasteiger partial charge on any atom is 0.416 e. The minimum Gasteiger partial charge on any atom is -0.497 e. The molecule has 0 saturated carbocycles. The number of halogens is 3. The highest BCUT2D eigenvalue weighted by Gasteiger charge is 2.32. The van der Waals surface area contributed by atoms with Crippen LogP contribution in [0.3, 0.4) is 0 Å². The van der Waals surface area contributed by atoms with Crippen LogP contribution < -0.4 is 10.1 Å². The van der Waals surface area contributed by atoms with Gasteiger partial charge in [0.05, 0.1) is 17.6 Å². The monoisotopic (exact) mass is 577 g/mol. The van der Waals surface area contributed by atoms with Crippen molar-refractivity contribution < 1.29 is 27.5 Å². The first-order chi connectivity index (χ1) is 18.1. The van der Waals surface area contributed by atoms with Crippen LogP contribution in [-0.2, 0) is 22.2 Å². The van der Waals surface area contributed by atoms with Gasteiger partial charge in [0.2, 0.25) is 5.91 Å². The zero-order chi connectivity index (χ0) is 27.3. The van der Waals surface area contributed by atoms with E-state index >= 15 is 0 Å². The number of methoxy groups -OCH3 is 1. The number of aromatic nitrogens is 1. The Morgan fingerprint density at radius 2 is 2.00 bits per heavy atom. The predicted molar refractivity (Wildman–Crippen MR) is 147 cm³/mol. The van der Waals surface area contributed by atoms with Gasteiger partial charge in [0, 0.05) is 30.5 Å². The molecule has 1 aliphatic rings. The van der Waals surface area contributed by atoms with Crippen LogP contribution in [-0.4, -0.2) is 39.7 Å². The number of ether oxygens (including phenoxy) is 1. The lowest BCUT2D eigenvalue weighted by atomic mass is 10.1. The molecule has 0 aliphatic carbocycles. The fourth-order valence-corrected chi connectivity index (χ4v) is 5.83. The predicted octanol–water partition coefficient (Wildman–Crippen LogP) is 6.38. The SMILES string of the molecule is COc1cccc(/C=C2\SC(=S)N(CCCC(=O)Nc3ncc(Cc4cccc(C(F)(F)F)c4)s3)C2=O)c1. The second-order valence-electron chi connectivity index (χ2n) is 8.27. The number of nitrogens with one attached hydrogen (secondary N) is 1. The van der Waals surface area contributed by atoms with Crippen LogP contribution in [0, 0.1) is 0 Å². The summed E-state index contributed by atoms with van der Waals surface area (Å²) in [6.45, 7) is 0.298. The first kappa shape index (κ1) is 27.8. The van der Waals surface area contributed by atoms with Gasteiger partial charge in [-0.15, -0.1) is 11.3 Å².